The lowest BCUT2D eigenvalue weighted by Crippen LogP contribution is -2.50. The monoisotopic (exact) mass is 335 g/mol. The summed E-state index contributed by atoms with van der Waals surface area (Å²) in [4.78, 5) is 23.6. The van der Waals surface area contributed by atoms with Crippen LogP contribution in [0.25, 0.3) is 0 Å². The number of carboxylic acid groups (broad SMARTS) is 1. The summed E-state index contributed by atoms with van der Waals surface area (Å²) in [5.41, 5.74) is 0.296. The molecule has 1 amide bonds. The highest BCUT2D eigenvalue weighted by Gasteiger charge is 2.38. The van der Waals surface area contributed by atoms with E-state index in [9.17, 15) is 9.59 Å². The van der Waals surface area contributed by atoms with E-state index in [1.807, 2.05) is 31.2 Å². The molecule has 2 N–H and O–H groups in total. The Bertz CT molecular complexity index is 563. The molecule has 1 aliphatic rings. The second kappa shape index (κ2) is 8.15. The molecule has 1 aliphatic heterocycles. The molecule has 2 unspecified atom stereocenters. The van der Waals surface area contributed by atoms with Crippen LogP contribution in [0.1, 0.15) is 44.1 Å². The van der Waals surface area contributed by atoms with Crippen molar-refractivity contribution in [2.24, 2.45) is 0 Å². The third-order valence-electron chi connectivity index (χ3n) is 4.51. The maximum Gasteiger partial charge on any atom is 0.305 e. The SMILES string of the molecule is CCC(CC(=O)NC1(CC(=O)O)CCOC1)c1ccc(OC)cc1. The van der Waals surface area contributed by atoms with Gasteiger partial charge in [-0.3, -0.25) is 9.59 Å². The van der Waals surface area contributed by atoms with Crippen LogP contribution in [0.5, 0.6) is 5.75 Å². The largest absolute Gasteiger partial charge is 0.497 e. The lowest BCUT2D eigenvalue weighted by atomic mass is 9.90. The van der Waals surface area contributed by atoms with Crippen LogP contribution in [-0.2, 0) is 14.3 Å². The maximum absolute atomic E-state index is 12.5. The highest BCUT2D eigenvalue weighted by molar-refractivity contribution is 5.79. The van der Waals surface area contributed by atoms with Gasteiger partial charge < -0.3 is 19.9 Å². The second-order valence-electron chi connectivity index (χ2n) is 6.28. The van der Waals surface area contributed by atoms with E-state index in [1.165, 1.54) is 0 Å². The zero-order valence-corrected chi connectivity index (χ0v) is 14.2. The number of aliphatic carboxylic acids is 1. The van der Waals surface area contributed by atoms with Crippen molar-refractivity contribution in [2.75, 3.05) is 20.3 Å². The minimum Gasteiger partial charge on any atom is -0.497 e. The molecule has 1 saturated heterocycles. The lowest BCUT2D eigenvalue weighted by Gasteiger charge is -2.28. The average Bonchev–Trinajstić information content (AvgIpc) is 2.99. The Morgan fingerprint density at radius 3 is 2.58 bits per heavy atom. The van der Waals surface area contributed by atoms with Gasteiger partial charge in [0.1, 0.15) is 5.75 Å². The number of hydrogen-bond donors (Lipinski definition) is 2. The Morgan fingerprint density at radius 1 is 1.38 bits per heavy atom. The molecule has 24 heavy (non-hydrogen) atoms. The molecular weight excluding hydrogens is 310 g/mol. The highest BCUT2D eigenvalue weighted by Crippen LogP contribution is 2.27. The molecule has 0 radical (unpaired) electrons. The number of hydrogen-bond acceptors (Lipinski definition) is 4. The molecule has 2 rings (SSSR count). The summed E-state index contributed by atoms with van der Waals surface area (Å²) in [6.45, 7) is 2.77. The van der Waals surface area contributed by atoms with Gasteiger partial charge in [-0.05, 0) is 36.5 Å². The number of methoxy groups -OCH3 is 1. The quantitative estimate of drug-likeness (QED) is 0.761. The van der Waals surface area contributed by atoms with Gasteiger partial charge in [0.25, 0.3) is 0 Å². The van der Waals surface area contributed by atoms with Crippen molar-refractivity contribution in [3.63, 3.8) is 0 Å². The topological polar surface area (TPSA) is 84.9 Å². The minimum atomic E-state index is -0.928. The van der Waals surface area contributed by atoms with E-state index >= 15 is 0 Å². The number of carbonyl (C=O) groups is 2. The van der Waals surface area contributed by atoms with Gasteiger partial charge in [-0.25, -0.2) is 0 Å². The average molecular weight is 335 g/mol. The summed E-state index contributed by atoms with van der Waals surface area (Å²) < 4.78 is 10.5. The molecule has 2 atom stereocenters. The van der Waals surface area contributed by atoms with Crippen molar-refractivity contribution in [3.05, 3.63) is 29.8 Å². The predicted molar refractivity (Wildman–Crippen MR) is 89.2 cm³/mol. The van der Waals surface area contributed by atoms with Crippen LogP contribution in [0, 0.1) is 0 Å². The molecule has 132 valence electrons. The van der Waals surface area contributed by atoms with E-state index in [-0.39, 0.29) is 24.9 Å². The van der Waals surface area contributed by atoms with Crippen LogP contribution in [-0.4, -0.2) is 42.8 Å². The number of carbonyl (C=O) groups excluding carboxylic acids is 1. The molecule has 0 bridgehead atoms. The van der Waals surface area contributed by atoms with Crippen LogP contribution in [0.2, 0.25) is 0 Å². The summed E-state index contributed by atoms with van der Waals surface area (Å²) in [7, 11) is 1.62. The first-order chi connectivity index (χ1) is 11.5. The van der Waals surface area contributed by atoms with Gasteiger partial charge in [0.15, 0.2) is 0 Å². The first-order valence-corrected chi connectivity index (χ1v) is 8.22. The maximum atomic E-state index is 12.5. The van der Waals surface area contributed by atoms with E-state index in [2.05, 4.69) is 5.32 Å². The summed E-state index contributed by atoms with van der Waals surface area (Å²) in [6.07, 6.45) is 1.56. The van der Waals surface area contributed by atoms with Gasteiger partial charge in [-0.1, -0.05) is 19.1 Å². The van der Waals surface area contributed by atoms with E-state index < -0.39 is 11.5 Å². The van der Waals surface area contributed by atoms with Gasteiger partial charge in [0.2, 0.25) is 5.91 Å². The van der Waals surface area contributed by atoms with E-state index in [0.29, 0.717) is 19.4 Å². The van der Waals surface area contributed by atoms with Crippen LogP contribution >= 0.6 is 0 Å². The van der Waals surface area contributed by atoms with Gasteiger partial charge in [-0.15, -0.1) is 0 Å². The van der Waals surface area contributed by atoms with Crippen LogP contribution in [0.15, 0.2) is 24.3 Å². The molecule has 1 aromatic rings. The number of rotatable bonds is 8. The normalized spacial score (nSPS) is 21.2. The Morgan fingerprint density at radius 2 is 2.08 bits per heavy atom. The van der Waals surface area contributed by atoms with Crippen molar-refractivity contribution in [2.45, 2.75) is 44.1 Å². The summed E-state index contributed by atoms with van der Waals surface area (Å²) >= 11 is 0. The summed E-state index contributed by atoms with van der Waals surface area (Å²) in [6, 6.07) is 7.69. The Hall–Kier alpha value is -2.08. The number of benzene rings is 1. The van der Waals surface area contributed by atoms with Crippen LogP contribution in [0.3, 0.4) is 0 Å². The van der Waals surface area contributed by atoms with Crippen LogP contribution in [0.4, 0.5) is 0 Å². The third kappa shape index (κ3) is 4.71. The van der Waals surface area contributed by atoms with E-state index in [1.54, 1.807) is 7.11 Å². The Labute approximate surface area is 142 Å². The smallest absolute Gasteiger partial charge is 0.305 e. The van der Waals surface area contributed by atoms with Gasteiger partial charge in [0, 0.05) is 13.0 Å². The number of nitrogens with one attached hydrogen (secondary N) is 1. The van der Waals surface area contributed by atoms with Gasteiger partial charge in [0.05, 0.1) is 25.7 Å². The van der Waals surface area contributed by atoms with E-state index in [0.717, 1.165) is 17.7 Å². The standard InChI is InChI=1S/C18H25NO5/c1-3-13(14-4-6-15(23-2)7-5-14)10-16(20)19-18(11-17(21)22)8-9-24-12-18/h4-7,13H,3,8-12H2,1-2H3,(H,19,20)(H,21,22). The molecule has 6 nitrogen and oxygen atoms in total. The first-order valence-electron chi connectivity index (χ1n) is 8.22. The number of amides is 1. The first kappa shape index (κ1) is 18.3. The molecule has 0 spiro atoms. The molecule has 6 heteroatoms. The molecule has 1 aromatic carbocycles. The van der Waals surface area contributed by atoms with Crippen molar-refractivity contribution in [1.82, 2.24) is 5.32 Å². The number of carboxylic acids is 1. The minimum absolute atomic E-state index is 0.0834. The highest BCUT2D eigenvalue weighted by atomic mass is 16.5. The fourth-order valence-corrected chi connectivity index (χ4v) is 3.12. The molecular formula is C18H25NO5. The predicted octanol–water partition coefficient (Wildman–Crippen LogP) is 2.33. The van der Waals surface area contributed by atoms with Crippen molar-refractivity contribution in [1.29, 1.82) is 0 Å². The van der Waals surface area contributed by atoms with Crippen LogP contribution < -0.4 is 10.1 Å². The van der Waals surface area contributed by atoms with Crippen molar-refractivity contribution < 1.29 is 24.2 Å². The van der Waals surface area contributed by atoms with Gasteiger partial charge in [-0.2, -0.15) is 0 Å². The fraction of sp³-hybridized carbons (Fsp3) is 0.556. The summed E-state index contributed by atoms with van der Waals surface area (Å²) in [5, 5.41) is 12.0. The molecule has 0 saturated carbocycles. The van der Waals surface area contributed by atoms with Crippen molar-refractivity contribution >= 4 is 11.9 Å². The molecule has 0 aromatic heterocycles. The van der Waals surface area contributed by atoms with E-state index in [4.69, 9.17) is 14.6 Å². The molecule has 1 heterocycles. The summed E-state index contributed by atoms with van der Waals surface area (Å²) in [5.74, 6) is -0.200. The molecule has 1 fully saturated rings. The van der Waals surface area contributed by atoms with Crippen molar-refractivity contribution in [3.8, 4) is 5.75 Å². The lowest BCUT2D eigenvalue weighted by molar-refractivity contribution is -0.139. The Kier molecular flexibility index (Phi) is 6.20. The van der Waals surface area contributed by atoms with Gasteiger partial charge >= 0.3 is 5.97 Å². The fourth-order valence-electron chi connectivity index (χ4n) is 3.12. The third-order valence-corrected chi connectivity index (χ3v) is 4.51. The zero-order chi connectivity index (χ0) is 17.6. The second-order valence-corrected chi connectivity index (χ2v) is 6.28. The molecule has 0 aliphatic carbocycles. The Balaban J connectivity index is 2.01. The number of ether oxygens (including phenoxy) is 2. The zero-order valence-electron chi connectivity index (χ0n) is 14.2.